The molecule has 18 heavy (non-hydrogen) atoms. The molecule has 0 aliphatic carbocycles. The topological polar surface area (TPSA) is 37.8 Å². The Bertz CT molecular complexity index is 392. The average molecular weight is 286 g/mol. The van der Waals surface area contributed by atoms with Gasteiger partial charge in [-0.3, -0.25) is 0 Å². The van der Waals surface area contributed by atoms with Gasteiger partial charge in [0, 0.05) is 23.8 Å². The summed E-state index contributed by atoms with van der Waals surface area (Å²) in [6.45, 7) is 5.12. The Morgan fingerprint density at radius 1 is 1.44 bits per heavy atom. The monoisotopic (exact) mass is 285 g/mol. The molecule has 0 spiro atoms. The van der Waals surface area contributed by atoms with Crippen LogP contribution in [-0.2, 0) is 0 Å². The number of nitrogens with one attached hydrogen (secondary N) is 1. The van der Waals surface area contributed by atoms with Crippen LogP contribution in [0.25, 0.3) is 0 Å². The van der Waals surface area contributed by atoms with Gasteiger partial charge in [-0.1, -0.05) is 31.9 Å². The predicted octanol–water partition coefficient (Wildman–Crippen LogP) is 3.95. The highest BCUT2D eigenvalue weighted by Gasteiger charge is 2.14. The fourth-order valence-electron chi connectivity index (χ4n) is 1.97. The lowest BCUT2D eigenvalue weighted by atomic mass is 10.2. The smallest absolute Gasteiger partial charge is 0.135 e. The van der Waals surface area contributed by atoms with Crippen LogP contribution in [0.5, 0.6) is 0 Å². The van der Waals surface area contributed by atoms with Gasteiger partial charge in [0.1, 0.15) is 16.8 Å². The molecule has 2 rings (SSSR count). The second-order valence-corrected chi connectivity index (χ2v) is 6.75. The molecule has 1 aromatic rings. The third-order valence-corrected chi connectivity index (χ3v) is 4.61. The van der Waals surface area contributed by atoms with E-state index in [1.165, 1.54) is 25.0 Å². The Hall–Kier alpha value is -0.480. The number of nitrogens with zero attached hydrogens (tertiary/aromatic N) is 2. The summed E-state index contributed by atoms with van der Waals surface area (Å²) in [5.74, 6) is 3.24. The molecule has 1 fully saturated rings. The molecule has 1 aliphatic heterocycles. The second-order valence-electron chi connectivity index (χ2n) is 4.96. The van der Waals surface area contributed by atoms with Crippen molar-refractivity contribution in [3.63, 3.8) is 0 Å². The zero-order chi connectivity index (χ0) is 13.0. The molecule has 2 heterocycles. The molecule has 1 aromatic heterocycles. The molecule has 1 aliphatic rings. The molecule has 5 heteroatoms. The molecular weight excluding hydrogens is 266 g/mol. The normalized spacial score (nSPS) is 20.1. The molecule has 1 saturated heterocycles. The first-order valence-electron chi connectivity index (χ1n) is 6.55. The number of aromatic nitrogens is 2. The number of halogens is 1. The predicted molar refractivity (Wildman–Crippen MR) is 79.7 cm³/mol. The van der Waals surface area contributed by atoms with E-state index in [1.54, 1.807) is 6.07 Å². The first-order chi connectivity index (χ1) is 8.65. The van der Waals surface area contributed by atoms with E-state index < -0.39 is 0 Å². The van der Waals surface area contributed by atoms with Gasteiger partial charge in [-0.15, -0.1) is 0 Å². The van der Waals surface area contributed by atoms with Crippen LogP contribution in [0.15, 0.2) is 6.07 Å². The van der Waals surface area contributed by atoms with Gasteiger partial charge >= 0.3 is 0 Å². The van der Waals surface area contributed by atoms with Crippen molar-refractivity contribution in [1.82, 2.24) is 9.97 Å². The zero-order valence-corrected chi connectivity index (χ0v) is 12.5. The number of hydrogen-bond acceptors (Lipinski definition) is 4. The van der Waals surface area contributed by atoms with E-state index >= 15 is 0 Å². The SMILES string of the molecule is CC(C)c1nc(Cl)cc(NCC2CCCCS2)n1. The van der Waals surface area contributed by atoms with Crippen molar-refractivity contribution in [3.05, 3.63) is 17.0 Å². The van der Waals surface area contributed by atoms with Gasteiger partial charge in [0.2, 0.25) is 0 Å². The third kappa shape index (κ3) is 4.02. The summed E-state index contributed by atoms with van der Waals surface area (Å²) >= 11 is 8.08. The van der Waals surface area contributed by atoms with Gasteiger partial charge in [0.25, 0.3) is 0 Å². The van der Waals surface area contributed by atoms with Crippen molar-refractivity contribution in [1.29, 1.82) is 0 Å². The van der Waals surface area contributed by atoms with E-state index in [-0.39, 0.29) is 0 Å². The summed E-state index contributed by atoms with van der Waals surface area (Å²) in [6, 6.07) is 1.81. The first kappa shape index (κ1) is 13.9. The lowest BCUT2D eigenvalue weighted by Gasteiger charge is -2.21. The third-order valence-electron chi connectivity index (χ3n) is 3.01. The molecule has 3 nitrogen and oxygen atoms in total. The standard InChI is InChI=1S/C13H20ClN3S/c1-9(2)13-16-11(14)7-12(17-13)15-8-10-5-3-4-6-18-10/h7,9-10H,3-6,8H2,1-2H3,(H,15,16,17). The van der Waals surface area contributed by atoms with Crippen LogP contribution in [0.4, 0.5) is 5.82 Å². The fraction of sp³-hybridized carbons (Fsp3) is 0.692. The Morgan fingerprint density at radius 3 is 2.94 bits per heavy atom. The van der Waals surface area contributed by atoms with Crippen molar-refractivity contribution >= 4 is 29.2 Å². The zero-order valence-electron chi connectivity index (χ0n) is 10.9. The van der Waals surface area contributed by atoms with Gasteiger partial charge in [-0.2, -0.15) is 11.8 Å². The van der Waals surface area contributed by atoms with Crippen LogP contribution in [0.2, 0.25) is 5.15 Å². The van der Waals surface area contributed by atoms with Crippen molar-refractivity contribution in [2.75, 3.05) is 17.6 Å². The second kappa shape index (κ2) is 6.62. The summed E-state index contributed by atoms with van der Waals surface area (Å²) < 4.78 is 0. The van der Waals surface area contributed by atoms with Crippen molar-refractivity contribution < 1.29 is 0 Å². The highest BCUT2D eigenvalue weighted by atomic mass is 35.5. The van der Waals surface area contributed by atoms with E-state index in [0.717, 1.165) is 18.2 Å². The summed E-state index contributed by atoms with van der Waals surface area (Å²) in [5, 5.41) is 4.62. The van der Waals surface area contributed by atoms with Gasteiger partial charge in [0.05, 0.1) is 0 Å². The molecule has 0 aromatic carbocycles. The van der Waals surface area contributed by atoms with Gasteiger partial charge < -0.3 is 5.32 Å². The maximum Gasteiger partial charge on any atom is 0.135 e. The maximum absolute atomic E-state index is 6.02. The molecule has 0 saturated carbocycles. The fourth-order valence-corrected chi connectivity index (χ4v) is 3.40. The summed E-state index contributed by atoms with van der Waals surface area (Å²) in [7, 11) is 0. The molecular formula is C13H20ClN3S. The average Bonchev–Trinajstić information content (AvgIpc) is 2.37. The summed E-state index contributed by atoms with van der Waals surface area (Å²) in [5.41, 5.74) is 0. The largest absolute Gasteiger partial charge is 0.369 e. The first-order valence-corrected chi connectivity index (χ1v) is 7.98. The van der Waals surface area contributed by atoms with Crippen LogP contribution in [-0.4, -0.2) is 27.5 Å². The number of rotatable bonds is 4. The summed E-state index contributed by atoms with van der Waals surface area (Å²) in [4.78, 5) is 8.74. The van der Waals surface area contributed by atoms with Crippen molar-refractivity contribution in [2.45, 2.75) is 44.3 Å². The minimum Gasteiger partial charge on any atom is -0.369 e. The van der Waals surface area contributed by atoms with Crippen LogP contribution >= 0.6 is 23.4 Å². The summed E-state index contributed by atoms with van der Waals surface area (Å²) in [6.07, 6.45) is 4.01. The molecule has 1 unspecified atom stereocenters. The highest BCUT2D eigenvalue weighted by Crippen LogP contribution is 2.25. The Kier molecular flexibility index (Phi) is 5.13. The molecule has 0 radical (unpaired) electrons. The highest BCUT2D eigenvalue weighted by molar-refractivity contribution is 7.99. The van der Waals surface area contributed by atoms with Crippen LogP contribution < -0.4 is 5.32 Å². The van der Waals surface area contributed by atoms with Crippen LogP contribution in [0.3, 0.4) is 0 Å². The van der Waals surface area contributed by atoms with Gasteiger partial charge in [-0.25, -0.2) is 9.97 Å². The lowest BCUT2D eigenvalue weighted by Crippen LogP contribution is -2.20. The molecule has 100 valence electrons. The van der Waals surface area contributed by atoms with E-state index in [9.17, 15) is 0 Å². The van der Waals surface area contributed by atoms with Crippen LogP contribution in [0.1, 0.15) is 44.9 Å². The van der Waals surface area contributed by atoms with E-state index in [1.807, 2.05) is 0 Å². The minimum atomic E-state index is 0.299. The number of hydrogen-bond donors (Lipinski definition) is 1. The van der Waals surface area contributed by atoms with Gasteiger partial charge in [-0.05, 0) is 18.6 Å². The molecule has 0 bridgehead atoms. The molecule has 0 amide bonds. The Balaban J connectivity index is 1.95. The van der Waals surface area contributed by atoms with Crippen molar-refractivity contribution in [3.8, 4) is 0 Å². The van der Waals surface area contributed by atoms with E-state index in [2.05, 4.69) is 40.9 Å². The molecule has 1 atom stereocenters. The minimum absolute atomic E-state index is 0.299. The number of thioether (sulfide) groups is 1. The van der Waals surface area contributed by atoms with E-state index in [4.69, 9.17) is 11.6 Å². The quantitative estimate of drug-likeness (QED) is 0.850. The van der Waals surface area contributed by atoms with Crippen LogP contribution in [0, 0.1) is 0 Å². The number of anilines is 1. The lowest BCUT2D eigenvalue weighted by molar-refractivity contribution is 0.676. The van der Waals surface area contributed by atoms with E-state index in [0.29, 0.717) is 16.3 Å². The Morgan fingerprint density at radius 2 is 2.28 bits per heavy atom. The Labute approximate surface area is 118 Å². The maximum atomic E-state index is 6.02. The van der Waals surface area contributed by atoms with Gasteiger partial charge in [0.15, 0.2) is 0 Å². The van der Waals surface area contributed by atoms with Crippen molar-refractivity contribution in [2.24, 2.45) is 0 Å². The molecule has 1 N–H and O–H groups in total.